The number of methoxy groups -OCH3 is 1. The summed E-state index contributed by atoms with van der Waals surface area (Å²) < 4.78 is 10.7. The number of carbonyl (C=O) groups is 1. The molecule has 5 nitrogen and oxygen atoms in total. The quantitative estimate of drug-likeness (QED) is 0.811. The van der Waals surface area contributed by atoms with Crippen molar-refractivity contribution >= 4 is 5.91 Å². The van der Waals surface area contributed by atoms with Crippen LogP contribution in [0.5, 0.6) is 11.5 Å². The van der Waals surface area contributed by atoms with Crippen molar-refractivity contribution in [1.82, 2.24) is 9.88 Å². The molecule has 1 saturated heterocycles. The third-order valence-corrected chi connectivity index (χ3v) is 4.52. The van der Waals surface area contributed by atoms with Gasteiger partial charge in [0.15, 0.2) is 6.61 Å². The van der Waals surface area contributed by atoms with E-state index in [-0.39, 0.29) is 12.5 Å². The van der Waals surface area contributed by atoms with Gasteiger partial charge in [0.25, 0.3) is 5.91 Å². The second-order valence-corrected chi connectivity index (χ2v) is 6.34. The highest BCUT2D eigenvalue weighted by atomic mass is 16.5. The molecule has 0 saturated carbocycles. The van der Waals surface area contributed by atoms with Gasteiger partial charge in [-0.1, -0.05) is 6.07 Å². The summed E-state index contributed by atoms with van der Waals surface area (Å²) in [6.45, 7) is 1.66. The molecule has 0 unspecified atom stereocenters. The lowest BCUT2D eigenvalue weighted by atomic mass is 9.93. The lowest BCUT2D eigenvalue weighted by Crippen LogP contribution is -2.42. The van der Waals surface area contributed by atoms with E-state index in [1.165, 1.54) is 0 Å². The number of aromatic nitrogens is 1. The minimum Gasteiger partial charge on any atom is -0.497 e. The van der Waals surface area contributed by atoms with E-state index >= 15 is 0 Å². The molecule has 1 aromatic heterocycles. The van der Waals surface area contributed by atoms with Gasteiger partial charge in [0.2, 0.25) is 0 Å². The van der Waals surface area contributed by atoms with Gasteiger partial charge in [-0.3, -0.25) is 9.78 Å². The first-order chi connectivity index (χ1) is 12.2. The number of carbonyl (C=O) groups excluding carboxylic acids is 1. The van der Waals surface area contributed by atoms with E-state index in [2.05, 4.69) is 4.98 Å². The number of ether oxygens (including phenoxy) is 2. The third-order valence-electron chi connectivity index (χ3n) is 4.52. The van der Waals surface area contributed by atoms with Gasteiger partial charge in [-0.25, -0.2) is 0 Å². The van der Waals surface area contributed by atoms with Crippen molar-refractivity contribution in [1.29, 1.82) is 0 Å². The summed E-state index contributed by atoms with van der Waals surface area (Å²) in [5.74, 6) is 1.96. The van der Waals surface area contributed by atoms with Crippen LogP contribution < -0.4 is 9.47 Å². The molecule has 1 aliphatic heterocycles. The summed E-state index contributed by atoms with van der Waals surface area (Å²) in [6, 6.07) is 13.3. The fourth-order valence-corrected chi connectivity index (χ4v) is 3.18. The zero-order valence-electron chi connectivity index (χ0n) is 14.6. The smallest absolute Gasteiger partial charge is 0.260 e. The van der Waals surface area contributed by atoms with Gasteiger partial charge in [-0.15, -0.1) is 0 Å². The van der Waals surface area contributed by atoms with Crippen molar-refractivity contribution in [2.24, 2.45) is 5.92 Å². The summed E-state index contributed by atoms with van der Waals surface area (Å²) in [6.07, 6.45) is 4.92. The number of piperidine rings is 1. The normalized spacial score (nSPS) is 17.2. The van der Waals surface area contributed by atoms with Crippen molar-refractivity contribution in [2.45, 2.75) is 19.3 Å². The van der Waals surface area contributed by atoms with Gasteiger partial charge in [0.1, 0.15) is 11.5 Å². The molecule has 1 aliphatic rings. The Hall–Kier alpha value is -2.56. The second kappa shape index (κ2) is 8.51. The number of amides is 1. The van der Waals surface area contributed by atoms with Crippen LogP contribution in [0.25, 0.3) is 0 Å². The summed E-state index contributed by atoms with van der Waals surface area (Å²) >= 11 is 0. The first-order valence-corrected chi connectivity index (χ1v) is 8.69. The highest BCUT2D eigenvalue weighted by molar-refractivity contribution is 5.77. The molecule has 1 fully saturated rings. The number of rotatable bonds is 6. The molecule has 2 aromatic rings. The summed E-state index contributed by atoms with van der Waals surface area (Å²) in [7, 11) is 1.62. The van der Waals surface area contributed by atoms with Crippen LogP contribution in [0.4, 0.5) is 0 Å². The number of likely N-dealkylation sites (tertiary alicyclic amines) is 1. The van der Waals surface area contributed by atoms with Crippen LogP contribution in [0.2, 0.25) is 0 Å². The highest BCUT2D eigenvalue weighted by Crippen LogP contribution is 2.21. The van der Waals surface area contributed by atoms with Gasteiger partial charge in [-0.2, -0.15) is 0 Å². The molecule has 5 heteroatoms. The van der Waals surface area contributed by atoms with Crippen LogP contribution >= 0.6 is 0 Å². The van der Waals surface area contributed by atoms with E-state index in [0.29, 0.717) is 11.7 Å². The number of hydrogen-bond donors (Lipinski definition) is 0. The lowest BCUT2D eigenvalue weighted by molar-refractivity contribution is -0.135. The zero-order chi connectivity index (χ0) is 17.5. The lowest BCUT2D eigenvalue weighted by Gasteiger charge is -2.32. The van der Waals surface area contributed by atoms with Gasteiger partial charge >= 0.3 is 0 Å². The van der Waals surface area contributed by atoms with E-state index in [1.807, 2.05) is 53.6 Å². The molecule has 0 aliphatic carbocycles. The van der Waals surface area contributed by atoms with Crippen molar-refractivity contribution in [3.8, 4) is 11.5 Å². The van der Waals surface area contributed by atoms with Gasteiger partial charge in [0.05, 0.1) is 7.11 Å². The minimum absolute atomic E-state index is 0.0431. The van der Waals surface area contributed by atoms with E-state index in [1.54, 1.807) is 7.11 Å². The van der Waals surface area contributed by atoms with Crippen LogP contribution in [-0.2, 0) is 11.2 Å². The maximum atomic E-state index is 12.5. The topological polar surface area (TPSA) is 51.7 Å². The molecule has 0 radical (unpaired) electrons. The maximum absolute atomic E-state index is 12.5. The Kier molecular flexibility index (Phi) is 5.88. The Labute approximate surface area is 148 Å². The summed E-state index contributed by atoms with van der Waals surface area (Å²) in [5, 5.41) is 0. The first-order valence-electron chi connectivity index (χ1n) is 8.69. The Morgan fingerprint density at radius 3 is 2.72 bits per heavy atom. The van der Waals surface area contributed by atoms with Crippen LogP contribution in [0.15, 0.2) is 48.7 Å². The third kappa shape index (κ3) is 4.95. The van der Waals surface area contributed by atoms with E-state index in [4.69, 9.17) is 9.47 Å². The summed E-state index contributed by atoms with van der Waals surface area (Å²) in [5.41, 5.74) is 1.09. The van der Waals surface area contributed by atoms with Crippen LogP contribution in [0.1, 0.15) is 18.5 Å². The van der Waals surface area contributed by atoms with Gasteiger partial charge in [-0.05, 0) is 61.6 Å². The second-order valence-electron chi connectivity index (χ2n) is 6.34. The van der Waals surface area contributed by atoms with Crippen LogP contribution in [-0.4, -0.2) is 42.6 Å². The Balaban J connectivity index is 1.49. The monoisotopic (exact) mass is 340 g/mol. The van der Waals surface area contributed by atoms with Crippen molar-refractivity contribution in [3.63, 3.8) is 0 Å². The summed E-state index contributed by atoms with van der Waals surface area (Å²) in [4.78, 5) is 18.8. The Morgan fingerprint density at radius 2 is 2.00 bits per heavy atom. The van der Waals surface area contributed by atoms with Crippen molar-refractivity contribution in [3.05, 3.63) is 54.4 Å². The van der Waals surface area contributed by atoms with Crippen LogP contribution in [0.3, 0.4) is 0 Å². The Morgan fingerprint density at radius 1 is 1.20 bits per heavy atom. The average molecular weight is 340 g/mol. The number of benzene rings is 1. The maximum Gasteiger partial charge on any atom is 0.260 e. The SMILES string of the molecule is COc1ccc(OCC(=O)N2CCC[C@H](Cc3ccccn3)C2)cc1. The highest BCUT2D eigenvalue weighted by Gasteiger charge is 2.24. The molecule has 0 N–H and O–H groups in total. The largest absolute Gasteiger partial charge is 0.497 e. The van der Waals surface area contributed by atoms with Crippen LogP contribution in [0, 0.1) is 5.92 Å². The molecule has 1 aromatic carbocycles. The number of nitrogens with zero attached hydrogens (tertiary/aromatic N) is 2. The fraction of sp³-hybridized carbons (Fsp3) is 0.400. The van der Waals surface area contributed by atoms with E-state index in [9.17, 15) is 4.79 Å². The molecular weight excluding hydrogens is 316 g/mol. The molecule has 1 amide bonds. The van der Waals surface area contributed by atoms with Gasteiger partial charge < -0.3 is 14.4 Å². The average Bonchev–Trinajstić information content (AvgIpc) is 2.67. The molecule has 25 heavy (non-hydrogen) atoms. The minimum atomic E-state index is 0.0431. The standard InChI is InChI=1S/C20H24N2O3/c1-24-18-7-9-19(10-8-18)25-15-20(23)22-12-4-5-16(14-22)13-17-6-2-3-11-21-17/h2-3,6-11,16H,4-5,12-15H2,1H3/t16-/m1/s1. The molecule has 0 bridgehead atoms. The van der Waals surface area contributed by atoms with Crippen molar-refractivity contribution < 1.29 is 14.3 Å². The molecule has 1 atom stereocenters. The molecule has 132 valence electrons. The van der Waals surface area contributed by atoms with Gasteiger partial charge in [0, 0.05) is 25.0 Å². The predicted molar refractivity (Wildman–Crippen MR) is 95.7 cm³/mol. The molecule has 0 spiro atoms. The van der Waals surface area contributed by atoms with E-state index in [0.717, 1.165) is 43.8 Å². The first kappa shape index (κ1) is 17.3. The molecule has 2 heterocycles. The Bertz CT molecular complexity index is 673. The zero-order valence-corrected chi connectivity index (χ0v) is 14.6. The molecular formula is C20H24N2O3. The van der Waals surface area contributed by atoms with Crippen molar-refractivity contribution in [2.75, 3.05) is 26.8 Å². The predicted octanol–water partition coefficient (Wildman–Crippen LogP) is 2.95. The van der Waals surface area contributed by atoms with E-state index < -0.39 is 0 Å². The number of pyridine rings is 1. The number of hydrogen-bond acceptors (Lipinski definition) is 4. The fourth-order valence-electron chi connectivity index (χ4n) is 3.18. The molecule has 3 rings (SSSR count).